The fourth-order valence-electron chi connectivity index (χ4n) is 7.98. The molecule has 1 radical (unpaired) electrons. The van der Waals surface area contributed by atoms with E-state index < -0.39 is 0 Å². The van der Waals surface area contributed by atoms with Gasteiger partial charge in [-0.05, 0) is 124 Å². The minimum absolute atomic E-state index is 0. The Hall–Kier alpha value is -3.59. The number of aliphatic hydroxyl groups excluding tert-OH is 1. The Balaban J connectivity index is 0.000000448. The third-order valence-corrected chi connectivity index (χ3v) is 11.0. The molecule has 1 aromatic heterocycles. The first-order valence-electron chi connectivity index (χ1n) is 21.2. The van der Waals surface area contributed by atoms with Crippen LogP contribution in [-0.2, 0) is 37.7 Å². The van der Waals surface area contributed by atoms with E-state index in [2.05, 4.69) is 128 Å². The van der Waals surface area contributed by atoms with Gasteiger partial charge in [0.1, 0.15) is 0 Å². The van der Waals surface area contributed by atoms with E-state index in [1.165, 1.54) is 61.0 Å². The summed E-state index contributed by atoms with van der Waals surface area (Å²) in [6.45, 7) is 26.4. The van der Waals surface area contributed by atoms with Crippen molar-refractivity contribution in [1.29, 1.82) is 0 Å². The fourth-order valence-corrected chi connectivity index (χ4v) is 7.98. The predicted octanol–water partition coefficient (Wildman–Crippen LogP) is 15.0. The SMILES string of the molecule is CC(C)Cc1[c-]c(-c2nccc3c2ccc2ccc(-c4c(C(C)C)cccc4C(C)C)cc23)cc(CC(C)C)c1.CCC(CC)C(=O)/C=C(\O)C(CC)CC.[Ir]. The first-order valence-corrected chi connectivity index (χ1v) is 21.2. The molecule has 3 nitrogen and oxygen atoms in total. The Labute approximate surface area is 353 Å². The van der Waals surface area contributed by atoms with E-state index >= 15 is 0 Å². The molecule has 56 heavy (non-hydrogen) atoms. The molecule has 0 spiro atoms. The molecule has 303 valence electrons. The maximum absolute atomic E-state index is 11.7. The molecule has 0 atom stereocenters. The largest absolute Gasteiger partial charge is 0.512 e. The van der Waals surface area contributed by atoms with Gasteiger partial charge in [-0.3, -0.25) is 4.79 Å². The summed E-state index contributed by atoms with van der Waals surface area (Å²) < 4.78 is 0. The minimum atomic E-state index is 0. The third-order valence-electron chi connectivity index (χ3n) is 11.0. The van der Waals surface area contributed by atoms with Crippen molar-refractivity contribution in [2.45, 2.75) is 133 Å². The van der Waals surface area contributed by atoms with Gasteiger partial charge in [0, 0.05) is 44.2 Å². The average molecular weight is 931 g/mol. The summed E-state index contributed by atoms with van der Waals surface area (Å²) in [5.74, 6) is 2.66. The van der Waals surface area contributed by atoms with Gasteiger partial charge in [-0.25, -0.2) is 0 Å². The molecule has 4 aromatic carbocycles. The van der Waals surface area contributed by atoms with E-state index in [4.69, 9.17) is 4.98 Å². The van der Waals surface area contributed by atoms with Crippen molar-refractivity contribution in [3.8, 4) is 22.4 Å². The van der Waals surface area contributed by atoms with Gasteiger partial charge in [0.15, 0.2) is 5.78 Å². The number of aliphatic hydroxyl groups is 1. The van der Waals surface area contributed by atoms with Gasteiger partial charge in [-0.2, -0.15) is 0 Å². The van der Waals surface area contributed by atoms with Gasteiger partial charge in [-0.1, -0.05) is 126 Å². The monoisotopic (exact) mass is 931 g/mol. The van der Waals surface area contributed by atoms with Gasteiger partial charge in [0.2, 0.25) is 0 Å². The number of hydrogen-bond donors (Lipinski definition) is 1. The van der Waals surface area contributed by atoms with E-state index in [0.29, 0.717) is 23.7 Å². The molecule has 5 rings (SSSR count). The first kappa shape index (κ1) is 46.8. The van der Waals surface area contributed by atoms with Crippen LogP contribution in [0.4, 0.5) is 0 Å². The van der Waals surface area contributed by atoms with Crippen molar-refractivity contribution in [2.75, 3.05) is 0 Å². The fraction of sp³-hybridized carbons (Fsp3) is 0.462. The predicted molar refractivity (Wildman–Crippen MR) is 238 cm³/mol. The van der Waals surface area contributed by atoms with Crippen LogP contribution in [0.5, 0.6) is 0 Å². The number of rotatable bonds is 15. The van der Waals surface area contributed by atoms with Crippen LogP contribution in [0.25, 0.3) is 43.9 Å². The molecular weight excluding hydrogens is 863 g/mol. The number of ketones is 1. The molecule has 0 bridgehead atoms. The molecule has 0 aliphatic carbocycles. The molecule has 0 saturated carbocycles. The minimum Gasteiger partial charge on any atom is -0.512 e. The Morgan fingerprint density at radius 1 is 0.696 bits per heavy atom. The molecular formula is C52H68IrNO2-. The molecule has 0 unspecified atom stereocenters. The van der Waals surface area contributed by atoms with Crippen LogP contribution in [0.15, 0.2) is 84.8 Å². The normalized spacial score (nSPS) is 12.0. The number of pyridine rings is 1. The van der Waals surface area contributed by atoms with Crippen molar-refractivity contribution in [1.82, 2.24) is 4.98 Å². The summed E-state index contributed by atoms with van der Waals surface area (Å²) >= 11 is 0. The molecule has 0 amide bonds. The van der Waals surface area contributed by atoms with E-state index in [1.54, 1.807) is 0 Å². The molecule has 5 aromatic rings. The van der Waals surface area contributed by atoms with Gasteiger partial charge in [0.05, 0.1) is 5.76 Å². The number of fused-ring (bicyclic) bond motifs is 3. The van der Waals surface area contributed by atoms with Crippen LogP contribution < -0.4 is 0 Å². The van der Waals surface area contributed by atoms with Gasteiger partial charge >= 0.3 is 0 Å². The van der Waals surface area contributed by atoms with E-state index in [1.807, 2.05) is 33.9 Å². The zero-order valence-electron chi connectivity index (χ0n) is 36.3. The number of nitrogens with zero attached hydrogens (tertiary/aromatic N) is 1. The van der Waals surface area contributed by atoms with Crippen molar-refractivity contribution in [2.24, 2.45) is 23.7 Å². The molecule has 0 aliphatic heterocycles. The van der Waals surface area contributed by atoms with Crippen molar-refractivity contribution < 1.29 is 30.0 Å². The number of carbonyl (C=O) groups excluding carboxylic acids is 1. The summed E-state index contributed by atoms with van der Waals surface area (Å²) in [5.41, 5.74) is 10.4. The number of benzene rings is 4. The number of hydrogen-bond acceptors (Lipinski definition) is 3. The van der Waals surface area contributed by atoms with Gasteiger partial charge in [0.25, 0.3) is 0 Å². The van der Waals surface area contributed by atoms with Crippen molar-refractivity contribution >= 4 is 27.3 Å². The van der Waals surface area contributed by atoms with Crippen LogP contribution >= 0.6 is 0 Å². The van der Waals surface area contributed by atoms with Crippen molar-refractivity contribution in [3.05, 3.63) is 113 Å². The number of allylic oxidation sites excluding steroid dienone is 2. The summed E-state index contributed by atoms with van der Waals surface area (Å²) in [4.78, 5) is 16.7. The second-order valence-corrected chi connectivity index (χ2v) is 17.0. The molecule has 4 heteroatoms. The van der Waals surface area contributed by atoms with Gasteiger partial charge < -0.3 is 10.1 Å². The van der Waals surface area contributed by atoms with Crippen LogP contribution in [0, 0.1) is 29.7 Å². The summed E-state index contributed by atoms with van der Waals surface area (Å²) in [6, 6.07) is 29.0. The summed E-state index contributed by atoms with van der Waals surface area (Å²) in [5, 5.41) is 14.8. The molecule has 0 aliphatic rings. The smallest absolute Gasteiger partial charge is 0.162 e. The summed E-state index contributed by atoms with van der Waals surface area (Å²) in [6.07, 6.45) is 8.99. The standard InChI is InChI=1S/C39H44N.C13H24O2.Ir/c1-24(2)18-28-20-29(19-25(3)4)22-32(21-28)39-36-15-14-30-12-13-31(23-37(30)35(36)16-17-40-39)38-33(26(5)6)10-9-11-34(38)27(7)8;1-5-10(6-2)12(14)9-13(15)11(7-3)8-4;/h9-17,20-21,23-27H,18-19H2,1-8H3;9-11,14H,5-8H2,1-4H3;/q-1;;/b;12-9-;. The zero-order chi connectivity index (χ0) is 40.4. The third kappa shape index (κ3) is 11.7. The van der Waals surface area contributed by atoms with Crippen LogP contribution in [0.3, 0.4) is 0 Å². The zero-order valence-corrected chi connectivity index (χ0v) is 38.7. The Morgan fingerprint density at radius 2 is 1.29 bits per heavy atom. The Bertz CT molecular complexity index is 2010. The van der Waals surface area contributed by atoms with E-state index in [0.717, 1.165) is 49.8 Å². The number of carbonyl (C=O) groups is 1. The first-order chi connectivity index (χ1) is 26.2. The van der Waals surface area contributed by atoms with Crippen LogP contribution in [0.1, 0.15) is 143 Å². The maximum Gasteiger partial charge on any atom is 0.162 e. The quantitative estimate of drug-likeness (QED) is 0.0492. The van der Waals surface area contributed by atoms with Crippen LogP contribution in [0.2, 0.25) is 0 Å². The van der Waals surface area contributed by atoms with Gasteiger partial charge in [-0.15, -0.1) is 34.9 Å². The maximum atomic E-state index is 11.7. The summed E-state index contributed by atoms with van der Waals surface area (Å²) in [7, 11) is 0. The topological polar surface area (TPSA) is 50.2 Å². The molecule has 0 fully saturated rings. The molecule has 1 N–H and O–H groups in total. The van der Waals surface area contributed by atoms with E-state index in [-0.39, 0.29) is 43.5 Å². The van der Waals surface area contributed by atoms with Crippen molar-refractivity contribution in [3.63, 3.8) is 0 Å². The molecule has 1 heterocycles. The number of aromatic nitrogens is 1. The average Bonchev–Trinajstić information content (AvgIpc) is 3.14. The van der Waals surface area contributed by atoms with Crippen LogP contribution in [-0.4, -0.2) is 15.9 Å². The van der Waals surface area contributed by atoms with E-state index in [9.17, 15) is 9.90 Å². The molecule has 0 saturated heterocycles. The second kappa shape index (κ2) is 21.8. The Morgan fingerprint density at radius 3 is 1.84 bits per heavy atom. The second-order valence-electron chi connectivity index (χ2n) is 17.0. The Kier molecular flexibility index (Phi) is 18.2.